The Morgan fingerprint density at radius 1 is 1.42 bits per heavy atom. The van der Waals surface area contributed by atoms with Crippen LogP contribution in [-0.2, 0) is 13.7 Å². The van der Waals surface area contributed by atoms with Gasteiger partial charge in [0.2, 0.25) is 0 Å². The minimum Gasteiger partial charge on any atom is -0.392 e. The molecule has 0 spiro atoms. The van der Waals surface area contributed by atoms with Crippen molar-refractivity contribution in [2.24, 2.45) is 7.05 Å². The van der Waals surface area contributed by atoms with E-state index in [-0.39, 0.29) is 12.5 Å². The van der Waals surface area contributed by atoms with E-state index in [1.807, 2.05) is 20.9 Å². The Morgan fingerprint density at radius 3 is 2.74 bits per heavy atom. The Hall–Kier alpha value is -2.14. The average Bonchev–Trinajstić information content (AvgIpc) is 2.63. The molecule has 2 rings (SSSR count). The zero-order valence-corrected chi connectivity index (χ0v) is 11.3. The molecule has 0 aliphatic rings. The predicted octanol–water partition coefficient (Wildman–Crippen LogP) is 1.78. The van der Waals surface area contributed by atoms with E-state index in [0.717, 1.165) is 11.3 Å². The Kier molecular flexibility index (Phi) is 3.66. The van der Waals surface area contributed by atoms with E-state index in [2.05, 4.69) is 10.4 Å². The summed E-state index contributed by atoms with van der Waals surface area (Å²) in [5.74, 6) is -0.182. The van der Waals surface area contributed by atoms with Crippen molar-refractivity contribution in [3.05, 3.63) is 46.8 Å². The highest BCUT2D eigenvalue weighted by Crippen LogP contribution is 2.16. The molecule has 1 aromatic carbocycles. The van der Waals surface area contributed by atoms with Gasteiger partial charge in [0.25, 0.3) is 5.91 Å². The molecule has 0 bridgehead atoms. The molecule has 1 amide bonds. The Labute approximate surface area is 111 Å². The van der Waals surface area contributed by atoms with Crippen molar-refractivity contribution >= 4 is 11.6 Å². The number of aryl methyl sites for hydroxylation is 2. The van der Waals surface area contributed by atoms with Crippen LogP contribution in [0.5, 0.6) is 0 Å². The first-order valence-corrected chi connectivity index (χ1v) is 6.04. The first kappa shape index (κ1) is 13.3. The van der Waals surface area contributed by atoms with Gasteiger partial charge < -0.3 is 10.4 Å². The van der Waals surface area contributed by atoms with Gasteiger partial charge in [0.1, 0.15) is 0 Å². The maximum atomic E-state index is 12.2. The monoisotopic (exact) mass is 259 g/mol. The molecule has 1 heterocycles. The molecule has 0 aliphatic carbocycles. The van der Waals surface area contributed by atoms with Gasteiger partial charge in [0.15, 0.2) is 0 Å². The van der Waals surface area contributed by atoms with Crippen molar-refractivity contribution in [2.75, 3.05) is 5.32 Å². The lowest BCUT2D eigenvalue weighted by Gasteiger charge is -2.07. The maximum Gasteiger partial charge on any atom is 0.259 e. The van der Waals surface area contributed by atoms with E-state index >= 15 is 0 Å². The fourth-order valence-corrected chi connectivity index (χ4v) is 2.04. The number of hydrogen-bond donors (Lipinski definition) is 2. The summed E-state index contributed by atoms with van der Waals surface area (Å²) in [6.07, 6.45) is 0. The number of nitrogens with one attached hydrogen (secondary N) is 1. The molecular formula is C14H17N3O2. The van der Waals surface area contributed by atoms with E-state index in [0.29, 0.717) is 16.9 Å². The van der Waals surface area contributed by atoms with Gasteiger partial charge in [-0.1, -0.05) is 12.1 Å². The summed E-state index contributed by atoms with van der Waals surface area (Å²) in [5.41, 5.74) is 3.55. The third kappa shape index (κ3) is 2.66. The van der Waals surface area contributed by atoms with Crippen LogP contribution in [0.3, 0.4) is 0 Å². The SMILES string of the molecule is Cc1nn(C)c(C)c1C(=O)Nc1cccc(CO)c1. The van der Waals surface area contributed by atoms with Crippen LogP contribution in [0.15, 0.2) is 24.3 Å². The van der Waals surface area contributed by atoms with Crippen LogP contribution in [0, 0.1) is 13.8 Å². The Morgan fingerprint density at radius 2 is 2.16 bits per heavy atom. The molecule has 5 nitrogen and oxygen atoms in total. The molecule has 5 heteroatoms. The van der Waals surface area contributed by atoms with Gasteiger partial charge in [-0.05, 0) is 31.5 Å². The van der Waals surface area contributed by atoms with Crippen LogP contribution in [0.2, 0.25) is 0 Å². The maximum absolute atomic E-state index is 12.2. The number of benzene rings is 1. The highest BCUT2D eigenvalue weighted by Gasteiger charge is 2.17. The lowest BCUT2D eigenvalue weighted by Crippen LogP contribution is -2.14. The molecule has 100 valence electrons. The molecule has 1 aromatic heterocycles. The number of aliphatic hydroxyl groups is 1. The van der Waals surface area contributed by atoms with E-state index in [1.165, 1.54) is 0 Å². The van der Waals surface area contributed by atoms with Gasteiger partial charge in [0, 0.05) is 18.4 Å². The number of nitrogens with zero attached hydrogens (tertiary/aromatic N) is 2. The number of amides is 1. The first-order valence-electron chi connectivity index (χ1n) is 6.04. The zero-order chi connectivity index (χ0) is 14.0. The average molecular weight is 259 g/mol. The second kappa shape index (κ2) is 5.24. The van der Waals surface area contributed by atoms with Gasteiger partial charge in [-0.25, -0.2) is 0 Å². The zero-order valence-electron chi connectivity index (χ0n) is 11.3. The second-order valence-corrected chi connectivity index (χ2v) is 4.48. The predicted molar refractivity (Wildman–Crippen MR) is 73.0 cm³/mol. The number of aliphatic hydroxyl groups excluding tert-OH is 1. The molecule has 2 aromatic rings. The molecule has 2 N–H and O–H groups in total. The Balaban J connectivity index is 2.25. The summed E-state index contributed by atoms with van der Waals surface area (Å²) in [7, 11) is 1.81. The highest BCUT2D eigenvalue weighted by atomic mass is 16.3. The molecule has 0 atom stereocenters. The highest BCUT2D eigenvalue weighted by molar-refractivity contribution is 6.05. The molecule has 0 fully saturated rings. The molecular weight excluding hydrogens is 242 g/mol. The van der Waals surface area contributed by atoms with Gasteiger partial charge >= 0.3 is 0 Å². The van der Waals surface area contributed by atoms with Crippen molar-refractivity contribution in [2.45, 2.75) is 20.5 Å². The van der Waals surface area contributed by atoms with Crippen molar-refractivity contribution in [3.63, 3.8) is 0 Å². The van der Waals surface area contributed by atoms with Crippen molar-refractivity contribution < 1.29 is 9.90 Å². The third-order valence-electron chi connectivity index (χ3n) is 3.10. The van der Waals surface area contributed by atoms with Crippen molar-refractivity contribution in [1.82, 2.24) is 9.78 Å². The van der Waals surface area contributed by atoms with Crippen LogP contribution < -0.4 is 5.32 Å². The van der Waals surface area contributed by atoms with Crippen LogP contribution in [-0.4, -0.2) is 20.8 Å². The van der Waals surface area contributed by atoms with Crippen LogP contribution in [0.25, 0.3) is 0 Å². The number of aromatic nitrogens is 2. The summed E-state index contributed by atoms with van der Waals surface area (Å²) in [6, 6.07) is 7.14. The number of anilines is 1. The minimum atomic E-state index is -0.182. The molecule has 0 saturated heterocycles. The summed E-state index contributed by atoms with van der Waals surface area (Å²) >= 11 is 0. The lowest BCUT2D eigenvalue weighted by atomic mass is 10.1. The summed E-state index contributed by atoms with van der Waals surface area (Å²) < 4.78 is 1.69. The van der Waals surface area contributed by atoms with E-state index in [4.69, 9.17) is 5.11 Å². The van der Waals surface area contributed by atoms with Crippen molar-refractivity contribution in [1.29, 1.82) is 0 Å². The van der Waals surface area contributed by atoms with E-state index in [1.54, 1.807) is 28.9 Å². The van der Waals surface area contributed by atoms with E-state index in [9.17, 15) is 4.79 Å². The summed E-state index contributed by atoms with van der Waals surface area (Å²) in [4.78, 5) is 12.2. The first-order chi connectivity index (χ1) is 9.02. The number of carbonyl (C=O) groups excluding carboxylic acids is 1. The lowest BCUT2D eigenvalue weighted by molar-refractivity contribution is 0.102. The normalized spacial score (nSPS) is 10.5. The topological polar surface area (TPSA) is 67.2 Å². The second-order valence-electron chi connectivity index (χ2n) is 4.48. The van der Waals surface area contributed by atoms with Gasteiger partial charge in [-0.3, -0.25) is 9.48 Å². The smallest absolute Gasteiger partial charge is 0.259 e. The summed E-state index contributed by atoms with van der Waals surface area (Å²) in [5, 5.41) is 16.1. The van der Waals surface area contributed by atoms with Gasteiger partial charge in [0.05, 0.1) is 17.9 Å². The fraction of sp³-hybridized carbons (Fsp3) is 0.286. The van der Waals surface area contributed by atoms with Gasteiger partial charge in [-0.15, -0.1) is 0 Å². The largest absolute Gasteiger partial charge is 0.392 e. The van der Waals surface area contributed by atoms with Crippen LogP contribution >= 0.6 is 0 Å². The number of carbonyl (C=O) groups is 1. The number of hydrogen-bond acceptors (Lipinski definition) is 3. The van der Waals surface area contributed by atoms with E-state index < -0.39 is 0 Å². The van der Waals surface area contributed by atoms with Gasteiger partial charge in [-0.2, -0.15) is 5.10 Å². The summed E-state index contributed by atoms with van der Waals surface area (Å²) in [6.45, 7) is 3.62. The molecule has 0 aliphatic heterocycles. The number of rotatable bonds is 3. The third-order valence-corrected chi connectivity index (χ3v) is 3.10. The van der Waals surface area contributed by atoms with Crippen LogP contribution in [0.1, 0.15) is 27.3 Å². The molecule has 0 saturated carbocycles. The quantitative estimate of drug-likeness (QED) is 0.883. The van der Waals surface area contributed by atoms with Crippen LogP contribution in [0.4, 0.5) is 5.69 Å². The Bertz CT molecular complexity index is 617. The standard InChI is InChI=1S/C14H17N3O2/c1-9-13(10(2)17(3)16-9)14(19)15-12-6-4-5-11(7-12)8-18/h4-7,18H,8H2,1-3H3,(H,15,19). The molecule has 0 unspecified atom stereocenters. The molecule has 0 radical (unpaired) electrons. The fourth-order valence-electron chi connectivity index (χ4n) is 2.04. The minimum absolute atomic E-state index is 0.0470. The molecule has 19 heavy (non-hydrogen) atoms. The van der Waals surface area contributed by atoms with Crippen molar-refractivity contribution in [3.8, 4) is 0 Å².